The molecule has 1 unspecified atom stereocenters. The van der Waals surface area contributed by atoms with E-state index in [2.05, 4.69) is 66.0 Å². The van der Waals surface area contributed by atoms with Gasteiger partial charge in [-0.1, -0.05) is 44.2 Å². The van der Waals surface area contributed by atoms with E-state index in [0.717, 1.165) is 91.6 Å². The number of anilines is 1. The summed E-state index contributed by atoms with van der Waals surface area (Å²) in [6.07, 6.45) is 8.50. The molecule has 1 N–H and O–H groups in total. The van der Waals surface area contributed by atoms with Gasteiger partial charge in [0.15, 0.2) is 0 Å². The van der Waals surface area contributed by atoms with Crippen molar-refractivity contribution in [2.75, 3.05) is 64.6 Å². The van der Waals surface area contributed by atoms with Crippen molar-refractivity contribution in [3.05, 3.63) is 78.0 Å². The van der Waals surface area contributed by atoms with Crippen LogP contribution in [0.1, 0.15) is 38.7 Å². The highest BCUT2D eigenvalue weighted by molar-refractivity contribution is 6.00. The molecule has 7 heteroatoms. The van der Waals surface area contributed by atoms with Gasteiger partial charge in [0.2, 0.25) is 0 Å². The van der Waals surface area contributed by atoms with Crippen LogP contribution in [0.4, 0.5) is 5.69 Å². The van der Waals surface area contributed by atoms with E-state index in [0.29, 0.717) is 19.6 Å². The van der Waals surface area contributed by atoms with Crippen molar-refractivity contribution >= 4 is 17.7 Å². The van der Waals surface area contributed by atoms with Gasteiger partial charge in [0.25, 0.3) is 5.91 Å². The van der Waals surface area contributed by atoms with Crippen molar-refractivity contribution in [3.63, 3.8) is 0 Å². The van der Waals surface area contributed by atoms with Gasteiger partial charge in [0, 0.05) is 49.7 Å². The molecule has 2 aliphatic rings. The minimum atomic E-state index is -0.0763. The quantitative estimate of drug-likeness (QED) is 0.252. The highest BCUT2D eigenvalue weighted by atomic mass is 16.5. The third-order valence-electron chi connectivity index (χ3n) is 7.41. The maximum Gasteiger partial charge on any atom is 0.251 e. The second kappa shape index (κ2) is 15.6. The number of carbonyl (C=O) groups excluding carboxylic acids is 1. The first-order valence-electron chi connectivity index (χ1n) is 14.8. The second-order valence-electron chi connectivity index (χ2n) is 10.8. The van der Waals surface area contributed by atoms with Gasteiger partial charge < -0.3 is 29.3 Å². The van der Waals surface area contributed by atoms with E-state index in [1.807, 2.05) is 25.1 Å². The van der Waals surface area contributed by atoms with Gasteiger partial charge in [0.05, 0.1) is 19.3 Å². The van der Waals surface area contributed by atoms with E-state index in [-0.39, 0.29) is 12.0 Å². The molecular weight excluding hydrogens is 514 g/mol. The van der Waals surface area contributed by atoms with Crippen LogP contribution in [0.3, 0.4) is 0 Å². The van der Waals surface area contributed by atoms with Gasteiger partial charge in [-0.05, 0) is 79.9 Å². The molecule has 41 heavy (non-hydrogen) atoms. The third kappa shape index (κ3) is 9.05. The SMILES string of the molecule is C=C/C=C(\C)NC(=O)C1=Cc2cc(-c3ccc(OCCOCCCC)cc3)ccc2N(CC2CN(C)CCO2)CC1. The van der Waals surface area contributed by atoms with Gasteiger partial charge in [0.1, 0.15) is 12.4 Å². The van der Waals surface area contributed by atoms with E-state index in [4.69, 9.17) is 14.2 Å². The van der Waals surface area contributed by atoms with Crippen molar-refractivity contribution < 1.29 is 19.0 Å². The number of hydrogen-bond acceptors (Lipinski definition) is 6. The summed E-state index contributed by atoms with van der Waals surface area (Å²) >= 11 is 0. The maximum absolute atomic E-state index is 13.2. The Labute approximate surface area is 245 Å². The van der Waals surface area contributed by atoms with E-state index < -0.39 is 0 Å². The van der Waals surface area contributed by atoms with Crippen LogP contribution >= 0.6 is 0 Å². The van der Waals surface area contributed by atoms with Gasteiger partial charge >= 0.3 is 0 Å². The molecular formula is C34H45N3O4. The Morgan fingerprint density at radius 1 is 1.12 bits per heavy atom. The number of nitrogens with one attached hydrogen (secondary N) is 1. The molecule has 0 saturated carbocycles. The molecule has 0 bridgehead atoms. The molecule has 1 amide bonds. The molecule has 1 saturated heterocycles. The number of ether oxygens (including phenoxy) is 3. The van der Waals surface area contributed by atoms with Crippen LogP contribution in [0.5, 0.6) is 5.75 Å². The number of likely N-dealkylation sites (N-methyl/N-ethyl adjacent to an activating group) is 1. The van der Waals surface area contributed by atoms with Crippen LogP contribution in [-0.2, 0) is 14.3 Å². The average molecular weight is 560 g/mol. The molecule has 2 aromatic rings. The molecule has 220 valence electrons. The van der Waals surface area contributed by atoms with Crippen molar-refractivity contribution in [2.45, 2.75) is 39.2 Å². The first kappa shape index (κ1) is 30.6. The van der Waals surface area contributed by atoms with Crippen molar-refractivity contribution in [2.24, 2.45) is 0 Å². The van der Waals surface area contributed by atoms with Crippen LogP contribution < -0.4 is 15.0 Å². The van der Waals surface area contributed by atoms with Gasteiger partial charge in [-0.2, -0.15) is 0 Å². The van der Waals surface area contributed by atoms with E-state index in [9.17, 15) is 4.79 Å². The number of allylic oxidation sites excluding steroid dienone is 3. The van der Waals surface area contributed by atoms with E-state index >= 15 is 0 Å². The molecule has 0 spiro atoms. The number of amides is 1. The number of nitrogens with zero attached hydrogens (tertiary/aromatic N) is 2. The monoisotopic (exact) mass is 559 g/mol. The second-order valence-corrected chi connectivity index (χ2v) is 10.8. The first-order valence-corrected chi connectivity index (χ1v) is 14.8. The van der Waals surface area contributed by atoms with Crippen molar-refractivity contribution in [3.8, 4) is 16.9 Å². The summed E-state index contributed by atoms with van der Waals surface area (Å²) in [7, 11) is 2.14. The number of carbonyl (C=O) groups is 1. The van der Waals surface area contributed by atoms with Gasteiger partial charge in [-0.15, -0.1) is 0 Å². The number of hydrogen-bond donors (Lipinski definition) is 1. The zero-order valence-electron chi connectivity index (χ0n) is 24.9. The van der Waals surface area contributed by atoms with Gasteiger partial charge in [-0.3, -0.25) is 4.79 Å². The number of unbranched alkanes of at least 4 members (excludes halogenated alkanes) is 1. The van der Waals surface area contributed by atoms with E-state index in [1.54, 1.807) is 12.2 Å². The zero-order chi connectivity index (χ0) is 29.0. The Morgan fingerprint density at radius 3 is 2.68 bits per heavy atom. The minimum Gasteiger partial charge on any atom is -0.491 e. The summed E-state index contributed by atoms with van der Waals surface area (Å²) < 4.78 is 17.5. The van der Waals surface area contributed by atoms with Crippen LogP contribution in [0.2, 0.25) is 0 Å². The fraction of sp³-hybridized carbons (Fsp3) is 0.441. The van der Waals surface area contributed by atoms with Crippen LogP contribution in [0, 0.1) is 0 Å². The number of rotatable bonds is 13. The lowest BCUT2D eigenvalue weighted by Crippen LogP contribution is -2.46. The fourth-order valence-electron chi connectivity index (χ4n) is 5.15. The van der Waals surface area contributed by atoms with E-state index in [1.165, 1.54) is 0 Å². The lowest BCUT2D eigenvalue weighted by Gasteiger charge is -2.35. The van der Waals surface area contributed by atoms with Crippen molar-refractivity contribution in [1.29, 1.82) is 0 Å². The maximum atomic E-state index is 13.2. The Kier molecular flexibility index (Phi) is 11.6. The molecule has 1 atom stereocenters. The third-order valence-corrected chi connectivity index (χ3v) is 7.41. The molecule has 4 rings (SSSR count). The molecule has 1 fully saturated rings. The molecule has 0 aliphatic carbocycles. The highest BCUT2D eigenvalue weighted by Gasteiger charge is 2.25. The molecule has 0 aromatic heterocycles. The lowest BCUT2D eigenvalue weighted by molar-refractivity contribution is -0.116. The van der Waals surface area contributed by atoms with Crippen LogP contribution in [0.15, 0.2) is 72.5 Å². The van der Waals surface area contributed by atoms with Crippen molar-refractivity contribution in [1.82, 2.24) is 10.2 Å². The smallest absolute Gasteiger partial charge is 0.251 e. The number of fused-ring (bicyclic) bond motifs is 1. The summed E-state index contributed by atoms with van der Waals surface area (Å²) in [5.74, 6) is 0.751. The fourth-order valence-corrected chi connectivity index (χ4v) is 5.15. The number of benzene rings is 2. The summed E-state index contributed by atoms with van der Waals surface area (Å²) in [6.45, 7) is 13.8. The summed E-state index contributed by atoms with van der Waals surface area (Å²) in [4.78, 5) is 17.9. The molecule has 2 aliphatic heterocycles. The average Bonchev–Trinajstić information content (AvgIpc) is 3.14. The normalized spacial score (nSPS) is 17.8. The zero-order valence-corrected chi connectivity index (χ0v) is 24.9. The van der Waals surface area contributed by atoms with Gasteiger partial charge in [-0.25, -0.2) is 0 Å². The Morgan fingerprint density at radius 2 is 1.93 bits per heavy atom. The minimum absolute atomic E-state index is 0.0763. The summed E-state index contributed by atoms with van der Waals surface area (Å²) in [6, 6.07) is 14.7. The Bertz CT molecular complexity index is 1220. The highest BCUT2D eigenvalue weighted by Crippen LogP contribution is 2.33. The summed E-state index contributed by atoms with van der Waals surface area (Å²) in [5.41, 5.74) is 5.87. The largest absolute Gasteiger partial charge is 0.491 e. The number of morpholine rings is 1. The molecule has 7 nitrogen and oxygen atoms in total. The predicted molar refractivity (Wildman–Crippen MR) is 167 cm³/mol. The summed E-state index contributed by atoms with van der Waals surface area (Å²) in [5, 5.41) is 3.00. The molecule has 0 radical (unpaired) electrons. The standard InChI is InChI=1S/C34H45N3O4/c1-5-7-18-39-20-21-41-31-12-9-27(10-13-31)28-11-14-33-30(22-28)23-29(34(38)35-26(3)8-6-2)15-16-37(33)25-32-24-36(4)17-19-40-32/h6,8-14,22-23,32H,2,5,7,15-21,24-25H2,1,3-4H3,(H,35,38)/b26-8+. The lowest BCUT2D eigenvalue weighted by atomic mass is 10.00. The Hall–Kier alpha value is -3.39. The molecule has 2 heterocycles. The van der Waals surface area contributed by atoms with Crippen LogP contribution in [0.25, 0.3) is 17.2 Å². The topological polar surface area (TPSA) is 63.3 Å². The van der Waals surface area contributed by atoms with Crippen LogP contribution in [-0.4, -0.2) is 76.6 Å². The predicted octanol–water partition coefficient (Wildman–Crippen LogP) is 5.68. The Balaban J connectivity index is 1.53. The first-order chi connectivity index (χ1) is 20.0. The molecule has 2 aromatic carbocycles.